The second kappa shape index (κ2) is 4.90. The minimum absolute atomic E-state index is 0.505. The van der Waals surface area contributed by atoms with Crippen molar-refractivity contribution < 1.29 is 0 Å². The molecule has 0 radical (unpaired) electrons. The third-order valence-electron chi connectivity index (χ3n) is 4.27. The lowest BCUT2D eigenvalue weighted by molar-refractivity contribution is 0.666. The topological polar surface area (TPSA) is 46.6 Å². The fraction of sp³-hybridized carbons (Fsp3) is 0.235. The molecule has 21 heavy (non-hydrogen) atoms. The number of nitrogens with two attached hydrogens (primary N) is 1. The average molecular weight is 278 g/mol. The van der Waals surface area contributed by atoms with Crippen molar-refractivity contribution >= 4 is 17.2 Å². The van der Waals surface area contributed by atoms with Crippen molar-refractivity contribution in [1.29, 1.82) is 0 Å². The van der Waals surface area contributed by atoms with E-state index in [0.29, 0.717) is 5.92 Å². The largest absolute Gasteiger partial charge is 0.330 e. The number of para-hydroxylation sites is 1. The Hall–Kier alpha value is -2.33. The molecule has 0 aliphatic carbocycles. The third kappa shape index (κ3) is 1.91. The van der Waals surface area contributed by atoms with Crippen molar-refractivity contribution in [3.8, 4) is 0 Å². The van der Waals surface area contributed by atoms with Crippen LogP contribution in [0.1, 0.15) is 17.9 Å². The van der Waals surface area contributed by atoms with E-state index in [4.69, 9.17) is 5.73 Å². The highest BCUT2D eigenvalue weighted by molar-refractivity contribution is 5.70. The van der Waals surface area contributed by atoms with Crippen molar-refractivity contribution in [2.75, 3.05) is 18.0 Å². The molecule has 106 valence electrons. The Bertz CT molecular complexity index is 777. The third-order valence-corrected chi connectivity index (χ3v) is 4.27. The number of benzene rings is 1. The fourth-order valence-corrected chi connectivity index (χ4v) is 3.31. The van der Waals surface area contributed by atoms with Crippen LogP contribution in [0.25, 0.3) is 5.65 Å². The number of fused-ring (bicyclic) bond motifs is 2. The van der Waals surface area contributed by atoms with Crippen molar-refractivity contribution in [2.24, 2.45) is 5.73 Å². The maximum absolute atomic E-state index is 5.79. The molecule has 4 nitrogen and oxygen atoms in total. The molecule has 1 aliphatic heterocycles. The molecule has 0 amide bonds. The second-order valence-corrected chi connectivity index (χ2v) is 5.48. The first-order valence-corrected chi connectivity index (χ1v) is 7.37. The summed E-state index contributed by atoms with van der Waals surface area (Å²) in [6.07, 6.45) is 4.88. The van der Waals surface area contributed by atoms with E-state index < -0.39 is 0 Å². The molecule has 4 heteroatoms. The molecule has 2 aromatic heterocycles. The van der Waals surface area contributed by atoms with Gasteiger partial charge >= 0.3 is 0 Å². The van der Waals surface area contributed by atoms with Crippen LogP contribution < -0.4 is 10.6 Å². The molecule has 1 aliphatic rings. The lowest BCUT2D eigenvalue weighted by Gasteiger charge is -2.21. The number of pyridine rings is 1. The second-order valence-electron chi connectivity index (χ2n) is 5.48. The Morgan fingerprint density at radius 3 is 2.95 bits per heavy atom. The van der Waals surface area contributed by atoms with Crippen LogP contribution in [0.3, 0.4) is 0 Å². The van der Waals surface area contributed by atoms with Gasteiger partial charge in [-0.3, -0.25) is 4.40 Å². The molecular weight excluding hydrogens is 260 g/mol. The highest BCUT2D eigenvalue weighted by Gasteiger charge is 2.29. The quantitative estimate of drug-likeness (QED) is 0.801. The van der Waals surface area contributed by atoms with Gasteiger partial charge in [0, 0.05) is 30.5 Å². The van der Waals surface area contributed by atoms with Gasteiger partial charge in [-0.1, -0.05) is 24.3 Å². The van der Waals surface area contributed by atoms with E-state index in [1.54, 1.807) is 0 Å². The maximum atomic E-state index is 5.79. The first-order valence-electron chi connectivity index (χ1n) is 7.37. The summed E-state index contributed by atoms with van der Waals surface area (Å²) >= 11 is 0. The Kier molecular flexibility index (Phi) is 2.89. The van der Waals surface area contributed by atoms with Crippen molar-refractivity contribution in [2.45, 2.75) is 12.3 Å². The summed E-state index contributed by atoms with van der Waals surface area (Å²) in [5.74, 6) is 1.67. The van der Waals surface area contributed by atoms with Gasteiger partial charge in [0.1, 0.15) is 11.5 Å². The van der Waals surface area contributed by atoms with Crippen LogP contribution in [-0.2, 0) is 0 Å². The van der Waals surface area contributed by atoms with E-state index in [0.717, 1.165) is 31.0 Å². The summed E-state index contributed by atoms with van der Waals surface area (Å²) in [6.45, 7) is 1.70. The summed E-state index contributed by atoms with van der Waals surface area (Å²) in [5.41, 5.74) is 9.46. The Balaban J connectivity index is 1.85. The first-order chi connectivity index (χ1) is 10.4. The number of nitrogens with zero attached hydrogens (tertiary/aromatic N) is 3. The predicted molar refractivity (Wildman–Crippen MR) is 85.1 cm³/mol. The van der Waals surface area contributed by atoms with Gasteiger partial charge in [0.2, 0.25) is 0 Å². The van der Waals surface area contributed by atoms with Crippen LogP contribution in [0.5, 0.6) is 0 Å². The van der Waals surface area contributed by atoms with Crippen molar-refractivity contribution in [3.05, 3.63) is 60.4 Å². The van der Waals surface area contributed by atoms with E-state index in [9.17, 15) is 0 Å². The number of hydrogen-bond acceptors (Lipinski definition) is 3. The molecule has 2 N–H and O–H groups in total. The molecule has 3 heterocycles. The van der Waals surface area contributed by atoms with Crippen LogP contribution in [0.4, 0.5) is 11.5 Å². The molecule has 0 fully saturated rings. The lowest BCUT2D eigenvalue weighted by atomic mass is 9.98. The van der Waals surface area contributed by atoms with E-state index in [-0.39, 0.29) is 0 Å². The normalized spacial score (nSPS) is 17.4. The summed E-state index contributed by atoms with van der Waals surface area (Å²) in [7, 11) is 0. The smallest absolute Gasteiger partial charge is 0.138 e. The van der Waals surface area contributed by atoms with E-state index in [1.807, 2.05) is 18.5 Å². The van der Waals surface area contributed by atoms with Crippen LogP contribution >= 0.6 is 0 Å². The molecular formula is C17H18N4. The Labute approximate surface area is 123 Å². The van der Waals surface area contributed by atoms with Gasteiger partial charge in [0.25, 0.3) is 0 Å². The van der Waals surface area contributed by atoms with Gasteiger partial charge in [0.15, 0.2) is 0 Å². The number of hydrogen-bond donors (Lipinski definition) is 1. The predicted octanol–water partition coefficient (Wildman–Crippen LogP) is 2.92. The molecule has 0 saturated carbocycles. The first kappa shape index (κ1) is 12.4. The lowest BCUT2D eigenvalue weighted by Crippen LogP contribution is -2.19. The maximum Gasteiger partial charge on any atom is 0.138 e. The molecule has 1 atom stereocenters. The van der Waals surface area contributed by atoms with Gasteiger partial charge < -0.3 is 10.6 Å². The summed E-state index contributed by atoms with van der Waals surface area (Å²) in [5, 5.41) is 0. The zero-order chi connectivity index (χ0) is 14.2. The van der Waals surface area contributed by atoms with Gasteiger partial charge in [-0.05, 0) is 36.7 Å². The molecule has 3 aromatic rings. The van der Waals surface area contributed by atoms with Gasteiger partial charge in [0.05, 0.1) is 0 Å². The summed E-state index contributed by atoms with van der Waals surface area (Å²) < 4.78 is 2.14. The molecule has 4 rings (SSSR count). The monoisotopic (exact) mass is 278 g/mol. The summed E-state index contributed by atoms with van der Waals surface area (Å²) in [6, 6.07) is 14.9. The number of imidazole rings is 1. The van der Waals surface area contributed by atoms with Crippen molar-refractivity contribution in [1.82, 2.24) is 9.38 Å². The SMILES string of the molecule is NCCC1CN(c2cccc3nccn23)c2ccccc21. The van der Waals surface area contributed by atoms with E-state index >= 15 is 0 Å². The summed E-state index contributed by atoms with van der Waals surface area (Å²) in [4.78, 5) is 6.76. The highest BCUT2D eigenvalue weighted by Crippen LogP contribution is 2.41. The molecule has 1 unspecified atom stereocenters. The minimum Gasteiger partial charge on any atom is -0.330 e. The Morgan fingerprint density at radius 1 is 1.14 bits per heavy atom. The zero-order valence-electron chi connectivity index (χ0n) is 11.8. The Morgan fingerprint density at radius 2 is 2.05 bits per heavy atom. The number of anilines is 2. The van der Waals surface area contributed by atoms with Crippen molar-refractivity contribution in [3.63, 3.8) is 0 Å². The van der Waals surface area contributed by atoms with Crippen LogP contribution in [0.15, 0.2) is 54.9 Å². The zero-order valence-corrected chi connectivity index (χ0v) is 11.8. The highest BCUT2D eigenvalue weighted by atomic mass is 15.2. The van der Waals surface area contributed by atoms with Crippen LogP contribution in [0, 0.1) is 0 Å². The van der Waals surface area contributed by atoms with Crippen LogP contribution in [0.2, 0.25) is 0 Å². The number of rotatable bonds is 3. The van der Waals surface area contributed by atoms with Crippen LogP contribution in [-0.4, -0.2) is 22.5 Å². The van der Waals surface area contributed by atoms with Gasteiger partial charge in [-0.25, -0.2) is 4.98 Å². The molecule has 1 aromatic carbocycles. The standard InChI is InChI=1S/C17H18N4/c18-9-8-13-12-21(15-5-2-1-4-14(13)15)17-7-3-6-16-19-10-11-20(16)17/h1-7,10-11,13H,8-9,12,18H2. The van der Waals surface area contributed by atoms with Gasteiger partial charge in [-0.2, -0.15) is 0 Å². The van der Waals surface area contributed by atoms with E-state index in [2.05, 4.69) is 50.7 Å². The van der Waals surface area contributed by atoms with Gasteiger partial charge in [-0.15, -0.1) is 0 Å². The number of aromatic nitrogens is 2. The molecule has 0 saturated heterocycles. The molecule has 0 bridgehead atoms. The average Bonchev–Trinajstić information content (AvgIpc) is 3.12. The fourth-order valence-electron chi connectivity index (χ4n) is 3.31. The van der Waals surface area contributed by atoms with E-state index in [1.165, 1.54) is 11.3 Å². The minimum atomic E-state index is 0.505. The molecule has 0 spiro atoms.